The van der Waals surface area contributed by atoms with Crippen molar-refractivity contribution in [3.8, 4) is 0 Å². The monoisotopic (exact) mass is 908 g/mol. The van der Waals surface area contributed by atoms with E-state index in [1.807, 2.05) is 38.4 Å². The van der Waals surface area contributed by atoms with Crippen LogP contribution in [0.4, 0.5) is 63.3 Å². The number of anilines is 8. The van der Waals surface area contributed by atoms with Crippen molar-refractivity contribution >= 4 is 67.6 Å². The second-order valence-electron chi connectivity index (χ2n) is 16.9. The van der Waals surface area contributed by atoms with Crippen molar-refractivity contribution < 1.29 is 27.0 Å². The summed E-state index contributed by atoms with van der Waals surface area (Å²) in [5.41, 5.74) is 6.86. The van der Waals surface area contributed by atoms with Gasteiger partial charge in [0.15, 0.2) is 0 Å². The van der Waals surface area contributed by atoms with E-state index in [1.54, 1.807) is 12.4 Å². The molecule has 348 valence electrons. The predicted octanol–water partition coefficient (Wildman–Crippen LogP) is 7.14. The van der Waals surface area contributed by atoms with Gasteiger partial charge in [0.25, 0.3) is 0 Å². The Kier molecular flexibility index (Phi) is 13.8. The number of benzene rings is 2. The number of hydrogen-bond donors (Lipinski definition) is 3. The molecule has 18 heteroatoms. The van der Waals surface area contributed by atoms with Gasteiger partial charge in [-0.1, -0.05) is 6.92 Å². The summed E-state index contributed by atoms with van der Waals surface area (Å²) in [5.74, 6) is -1.04. The van der Waals surface area contributed by atoms with Crippen LogP contribution < -0.4 is 35.6 Å². The molecule has 10 rings (SSSR count). The molecule has 66 heavy (non-hydrogen) atoms. The molecule has 2 aromatic carbocycles. The minimum atomic E-state index is -0.639. The largest absolute Gasteiger partial charge is 0.378 e. The molecule has 4 aliphatic heterocycles. The van der Waals surface area contributed by atoms with Gasteiger partial charge < -0.3 is 49.9 Å². The van der Waals surface area contributed by atoms with Gasteiger partial charge in [-0.2, -0.15) is 0 Å². The topological polar surface area (TPSA) is 122 Å². The number of halogens is 4. The highest BCUT2D eigenvalue weighted by Crippen LogP contribution is 2.39. The molecular formula is C48H56F4N12O2. The average Bonchev–Trinajstić information content (AvgIpc) is 3.34. The molecule has 4 aromatic heterocycles. The Morgan fingerprint density at radius 3 is 1.42 bits per heavy atom. The van der Waals surface area contributed by atoms with Crippen molar-refractivity contribution in [1.82, 2.24) is 30.2 Å². The number of rotatable bonds is 9. The number of nitrogens with zero attached hydrogens (tertiary/aromatic N) is 9. The Labute approximate surface area is 381 Å². The molecule has 0 radical (unpaired) electrons. The molecule has 0 unspecified atom stereocenters. The third-order valence-electron chi connectivity index (χ3n) is 12.7. The lowest BCUT2D eigenvalue weighted by Crippen LogP contribution is -2.46. The number of pyridine rings is 4. The van der Waals surface area contributed by atoms with E-state index in [4.69, 9.17) is 14.5 Å². The highest BCUT2D eigenvalue weighted by molar-refractivity contribution is 5.99. The van der Waals surface area contributed by atoms with Crippen LogP contribution in [0.1, 0.15) is 18.1 Å². The zero-order chi connectivity index (χ0) is 45.7. The van der Waals surface area contributed by atoms with E-state index >= 15 is 4.39 Å². The lowest BCUT2D eigenvalue weighted by atomic mass is 10.1. The Bertz CT molecular complexity index is 2670. The van der Waals surface area contributed by atoms with E-state index in [9.17, 15) is 13.2 Å². The molecule has 0 saturated carbocycles. The Balaban J connectivity index is 0.000000166. The van der Waals surface area contributed by atoms with Crippen molar-refractivity contribution in [1.29, 1.82) is 0 Å². The van der Waals surface area contributed by atoms with Gasteiger partial charge in [0, 0.05) is 114 Å². The van der Waals surface area contributed by atoms with Crippen LogP contribution in [0.5, 0.6) is 0 Å². The summed E-state index contributed by atoms with van der Waals surface area (Å²) < 4.78 is 69.1. The maximum absolute atomic E-state index is 15.1. The number of aromatic nitrogens is 4. The molecule has 0 amide bonds. The van der Waals surface area contributed by atoms with Gasteiger partial charge in [0.05, 0.1) is 107 Å². The Morgan fingerprint density at radius 2 is 0.985 bits per heavy atom. The first kappa shape index (κ1) is 45.1. The third-order valence-corrected chi connectivity index (χ3v) is 12.7. The smallest absolute Gasteiger partial charge is 0.137 e. The SMILES string of the molecule is CCN1CCN(c2nc3cc(F)cc(F)c3c(Nc3cncc(N4CCOCC4)c3)c2C)CC1.Cc1c(N2CCNCC2)nc2cc(F)cc(F)c2c1Nc1cncc(N2CCOCC2)c1. The molecule has 4 fully saturated rings. The molecule has 6 aromatic rings. The maximum atomic E-state index is 15.1. The van der Waals surface area contributed by atoms with Crippen molar-refractivity contribution in [2.45, 2.75) is 20.8 Å². The lowest BCUT2D eigenvalue weighted by molar-refractivity contribution is 0.122. The van der Waals surface area contributed by atoms with Gasteiger partial charge in [0.2, 0.25) is 0 Å². The molecule has 0 bridgehead atoms. The first-order valence-electron chi connectivity index (χ1n) is 22.7. The molecule has 0 aliphatic carbocycles. The molecule has 8 heterocycles. The fourth-order valence-corrected chi connectivity index (χ4v) is 9.14. The number of hydrogen-bond acceptors (Lipinski definition) is 14. The van der Waals surface area contributed by atoms with Gasteiger partial charge >= 0.3 is 0 Å². The van der Waals surface area contributed by atoms with Crippen LogP contribution in [0.15, 0.2) is 61.2 Å². The highest BCUT2D eigenvalue weighted by Gasteiger charge is 2.25. The highest BCUT2D eigenvalue weighted by atomic mass is 19.1. The van der Waals surface area contributed by atoms with Gasteiger partial charge in [-0.3, -0.25) is 9.97 Å². The van der Waals surface area contributed by atoms with Crippen LogP contribution in [0, 0.1) is 37.1 Å². The van der Waals surface area contributed by atoms with Crippen LogP contribution in [0.3, 0.4) is 0 Å². The maximum Gasteiger partial charge on any atom is 0.137 e. The van der Waals surface area contributed by atoms with Crippen molar-refractivity contribution in [3.63, 3.8) is 0 Å². The normalized spacial score (nSPS) is 17.3. The molecule has 0 atom stereocenters. The van der Waals surface area contributed by atoms with E-state index in [-0.39, 0.29) is 10.8 Å². The number of likely N-dealkylation sites (N-methyl/N-ethyl adjacent to an activating group) is 1. The van der Waals surface area contributed by atoms with Crippen LogP contribution >= 0.6 is 0 Å². The summed E-state index contributed by atoms with van der Waals surface area (Å²) >= 11 is 0. The Morgan fingerprint density at radius 1 is 0.545 bits per heavy atom. The van der Waals surface area contributed by atoms with E-state index in [1.165, 1.54) is 12.1 Å². The van der Waals surface area contributed by atoms with Gasteiger partial charge in [-0.05, 0) is 32.5 Å². The molecule has 4 aliphatic rings. The zero-order valence-corrected chi connectivity index (χ0v) is 37.6. The summed E-state index contributed by atoms with van der Waals surface area (Å²) in [7, 11) is 0. The first-order chi connectivity index (χ1) is 32.1. The quantitative estimate of drug-likeness (QED) is 0.127. The van der Waals surface area contributed by atoms with Crippen LogP contribution in [-0.2, 0) is 9.47 Å². The van der Waals surface area contributed by atoms with Crippen molar-refractivity contribution in [3.05, 3.63) is 95.6 Å². The fourth-order valence-electron chi connectivity index (χ4n) is 9.14. The summed E-state index contributed by atoms with van der Waals surface area (Å²) in [6.45, 7) is 19.7. The summed E-state index contributed by atoms with van der Waals surface area (Å²) in [6.07, 6.45) is 7.07. The first-order valence-corrected chi connectivity index (χ1v) is 22.7. The summed E-state index contributed by atoms with van der Waals surface area (Å²) in [6, 6.07) is 8.41. The second kappa shape index (κ2) is 20.2. The molecule has 0 spiro atoms. The summed E-state index contributed by atoms with van der Waals surface area (Å²) in [5, 5.41) is 10.6. The minimum absolute atomic E-state index is 0.277. The van der Waals surface area contributed by atoms with E-state index < -0.39 is 23.3 Å². The van der Waals surface area contributed by atoms with Crippen LogP contribution in [-0.4, -0.2) is 136 Å². The van der Waals surface area contributed by atoms with Gasteiger partial charge in [-0.15, -0.1) is 0 Å². The fraction of sp³-hybridized carbons (Fsp3) is 0.417. The number of fused-ring (bicyclic) bond motifs is 2. The van der Waals surface area contributed by atoms with Gasteiger partial charge in [0.1, 0.15) is 34.9 Å². The van der Waals surface area contributed by atoms with Crippen molar-refractivity contribution in [2.75, 3.05) is 142 Å². The number of piperazine rings is 2. The van der Waals surface area contributed by atoms with E-state index in [0.29, 0.717) is 48.8 Å². The summed E-state index contributed by atoms with van der Waals surface area (Å²) in [4.78, 5) is 29.3. The van der Waals surface area contributed by atoms with Crippen LogP contribution in [0.25, 0.3) is 21.8 Å². The number of ether oxygens (including phenoxy) is 2. The Hall–Kier alpha value is -6.08. The molecule has 3 N–H and O–H groups in total. The number of nitrogens with one attached hydrogen (secondary N) is 3. The predicted molar refractivity (Wildman–Crippen MR) is 253 cm³/mol. The molecule has 14 nitrogen and oxygen atoms in total. The molecule has 4 saturated heterocycles. The standard InChI is InChI=1S/C25H30F2N6O.C23H26F2N6O/c1-3-31-4-6-33(7-5-31)25-17(2)24(23-21(27)12-18(26)13-22(23)30-25)29-19-14-20(16-28-15-19)32-8-10-34-11-9-32;1-15-22(28-17-12-18(14-27-13-17)30-6-8-32-9-7-30)21-19(25)10-16(24)11-20(21)29-23(15)31-4-2-26-3-5-31/h12-16H,3-11H2,1-2H3,(H,29,30);10-14,26H,2-9H2,1H3,(H,28,29). The second-order valence-corrected chi connectivity index (χ2v) is 16.9. The van der Waals surface area contributed by atoms with E-state index in [0.717, 1.165) is 143 Å². The zero-order valence-electron chi connectivity index (χ0n) is 37.6. The lowest BCUT2D eigenvalue weighted by Gasteiger charge is -2.36. The van der Waals surface area contributed by atoms with Gasteiger partial charge in [-0.25, -0.2) is 27.5 Å². The average molecular weight is 909 g/mol. The van der Waals surface area contributed by atoms with Crippen molar-refractivity contribution in [2.24, 2.45) is 0 Å². The number of morpholine rings is 2. The third kappa shape index (κ3) is 9.87. The van der Waals surface area contributed by atoms with Crippen LogP contribution in [0.2, 0.25) is 0 Å². The molecular weight excluding hydrogens is 853 g/mol. The van der Waals surface area contributed by atoms with E-state index in [2.05, 4.69) is 62.3 Å². The minimum Gasteiger partial charge on any atom is -0.378 e.